The lowest BCUT2D eigenvalue weighted by molar-refractivity contribution is 0.112. The van der Waals surface area contributed by atoms with Gasteiger partial charge >= 0.3 is 0 Å². The minimum atomic E-state index is 0.306. The Kier molecular flexibility index (Phi) is 7.42. The second kappa shape index (κ2) is 9.14. The van der Waals surface area contributed by atoms with E-state index in [0.29, 0.717) is 30.3 Å². The third-order valence-corrected chi connectivity index (χ3v) is 3.51. The lowest BCUT2D eigenvalue weighted by Crippen LogP contribution is -2.12. The van der Waals surface area contributed by atoms with Crippen LogP contribution in [0.5, 0.6) is 5.75 Å². The van der Waals surface area contributed by atoms with Crippen LogP contribution in [-0.2, 0) is 6.42 Å². The average Bonchev–Trinajstić information content (AvgIpc) is 2.49. The molecular weight excluding hydrogens is 250 g/mol. The summed E-state index contributed by atoms with van der Waals surface area (Å²) in [6, 6.07) is 7.38. The second-order valence-corrected chi connectivity index (χ2v) is 5.05. The summed E-state index contributed by atoms with van der Waals surface area (Å²) in [5, 5.41) is 8.84. The molecule has 0 amide bonds. The van der Waals surface area contributed by atoms with Crippen molar-refractivity contribution in [3.63, 3.8) is 0 Å². The molecule has 108 valence electrons. The minimum Gasteiger partial charge on any atom is -0.493 e. The third-order valence-electron chi connectivity index (χ3n) is 3.51. The van der Waals surface area contributed by atoms with E-state index in [4.69, 9.17) is 10.00 Å². The molecule has 0 radical (unpaired) electrons. The molecule has 20 heavy (non-hydrogen) atoms. The van der Waals surface area contributed by atoms with Gasteiger partial charge in [-0.05, 0) is 18.4 Å². The molecule has 1 rings (SSSR count). The number of benzene rings is 1. The number of rotatable bonds is 9. The summed E-state index contributed by atoms with van der Waals surface area (Å²) in [7, 11) is 0. The molecule has 1 unspecified atom stereocenters. The number of carbonyl (C=O) groups is 1. The summed E-state index contributed by atoms with van der Waals surface area (Å²) in [4.78, 5) is 10.8. The van der Waals surface area contributed by atoms with E-state index in [2.05, 4.69) is 19.9 Å². The highest BCUT2D eigenvalue weighted by Gasteiger charge is 2.10. The smallest absolute Gasteiger partial charge is 0.150 e. The number of ether oxygens (including phenoxy) is 1. The van der Waals surface area contributed by atoms with Crippen LogP contribution in [0.15, 0.2) is 18.2 Å². The first-order valence-corrected chi connectivity index (χ1v) is 7.32. The maximum absolute atomic E-state index is 10.8. The van der Waals surface area contributed by atoms with E-state index >= 15 is 0 Å². The average molecular weight is 273 g/mol. The standard InChI is InChI=1S/C17H23NO2/c1-3-5-6-14(4-2)13-20-17-11-15(12-19)7-8-16(17)9-10-18/h7-8,11-12,14H,3-6,9,13H2,1-2H3. The Hall–Kier alpha value is -1.82. The monoisotopic (exact) mass is 273 g/mol. The summed E-state index contributed by atoms with van der Waals surface area (Å²) in [5.74, 6) is 1.20. The number of aldehydes is 1. The van der Waals surface area contributed by atoms with Crippen molar-refractivity contribution in [1.82, 2.24) is 0 Å². The van der Waals surface area contributed by atoms with Crippen molar-refractivity contribution in [2.45, 2.75) is 46.0 Å². The molecule has 0 saturated carbocycles. The van der Waals surface area contributed by atoms with E-state index in [0.717, 1.165) is 24.7 Å². The molecule has 1 atom stereocenters. The fraction of sp³-hybridized carbons (Fsp3) is 0.529. The maximum Gasteiger partial charge on any atom is 0.150 e. The van der Waals surface area contributed by atoms with Gasteiger partial charge in [-0.3, -0.25) is 4.79 Å². The molecule has 0 bridgehead atoms. The second-order valence-electron chi connectivity index (χ2n) is 5.05. The topological polar surface area (TPSA) is 50.1 Å². The fourth-order valence-corrected chi connectivity index (χ4v) is 2.12. The van der Waals surface area contributed by atoms with E-state index in [1.165, 1.54) is 12.8 Å². The van der Waals surface area contributed by atoms with Gasteiger partial charge in [0.25, 0.3) is 0 Å². The molecule has 0 spiro atoms. The van der Waals surface area contributed by atoms with Crippen molar-refractivity contribution in [3.8, 4) is 11.8 Å². The molecule has 0 saturated heterocycles. The Balaban J connectivity index is 2.73. The van der Waals surface area contributed by atoms with Crippen molar-refractivity contribution < 1.29 is 9.53 Å². The first-order chi connectivity index (χ1) is 9.74. The van der Waals surface area contributed by atoms with Crippen molar-refractivity contribution in [2.24, 2.45) is 5.92 Å². The van der Waals surface area contributed by atoms with Gasteiger partial charge in [-0.15, -0.1) is 0 Å². The zero-order valence-electron chi connectivity index (χ0n) is 12.4. The Bertz CT molecular complexity index is 463. The van der Waals surface area contributed by atoms with Gasteiger partial charge < -0.3 is 4.74 Å². The van der Waals surface area contributed by atoms with Crippen LogP contribution >= 0.6 is 0 Å². The molecule has 0 N–H and O–H groups in total. The first kappa shape index (κ1) is 16.2. The predicted octanol–water partition coefficient (Wildman–Crippen LogP) is 4.16. The summed E-state index contributed by atoms with van der Waals surface area (Å²) >= 11 is 0. The third kappa shape index (κ3) is 5.05. The van der Waals surface area contributed by atoms with Crippen LogP contribution in [0.2, 0.25) is 0 Å². The fourth-order valence-electron chi connectivity index (χ4n) is 2.12. The van der Waals surface area contributed by atoms with Crippen LogP contribution in [0.1, 0.15) is 55.5 Å². The van der Waals surface area contributed by atoms with E-state index in [9.17, 15) is 4.79 Å². The van der Waals surface area contributed by atoms with Gasteiger partial charge in [-0.25, -0.2) is 0 Å². The molecule has 0 aliphatic rings. The highest BCUT2D eigenvalue weighted by atomic mass is 16.5. The van der Waals surface area contributed by atoms with E-state index in [1.807, 2.05) is 0 Å². The summed E-state index contributed by atoms with van der Waals surface area (Å²) < 4.78 is 5.87. The molecule has 3 nitrogen and oxygen atoms in total. The van der Waals surface area contributed by atoms with Crippen molar-refractivity contribution in [3.05, 3.63) is 29.3 Å². The van der Waals surface area contributed by atoms with Gasteiger partial charge in [0.05, 0.1) is 19.1 Å². The number of hydrogen-bond donors (Lipinski definition) is 0. The molecule has 1 aromatic rings. The van der Waals surface area contributed by atoms with Crippen LogP contribution in [0.3, 0.4) is 0 Å². The van der Waals surface area contributed by atoms with Crippen LogP contribution in [0, 0.1) is 17.2 Å². The maximum atomic E-state index is 10.8. The van der Waals surface area contributed by atoms with Gasteiger partial charge in [0, 0.05) is 11.1 Å². The first-order valence-electron chi connectivity index (χ1n) is 7.32. The Morgan fingerprint density at radius 1 is 1.40 bits per heavy atom. The highest BCUT2D eigenvalue weighted by Crippen LogP contribution is 2.22. The van der Waals surface area contributed by atoms with Gasteiger partial charge in [0.15, 0.2) is 0 Å². The molecule has 0 fully saturated rings. The van der Waals surface area contributed by atoms with Crippen LogP contribution in [0.25, 0.3) is 0 Å². The predicted molar refractivity (Wildman–Crippen MR) is 79.9 cm³/mol. The van der Waals surface area contributed by atoms with Crippen molar-refractivity contribution in [2.75, 3.05) is 6.61 Å². The number of nitrogens with zero attached hydrogens (tertiary/aromatic N) is 1. The Morgan fingerprint density at radius 2 is 2.20 bits per heavy atom. The molecule has 1 aromatic carbocycles. The van der Waals surface area contributed by atoms with E-state index in [1.54, 1.807) is 18.2 Å². The molecule has 3 heteroatoms. The van der Waals surface area contributed by atoms with Gasteiger partial charge in [0.2, 0.25) is 0 Å². The lowest BCUT2D eigenvalue weighted by atomic mass is 10.0. The quantitative estimate of drug-likeness (QED) is 0.635. The van der Waals surface area contributed by atoms with E-state index < -0.39 is 0 Å². The summed E-state index contributed by atoms with van der Waals surface area (Å²) in [6.45, 7) is 5.01. The van der Waals surface area contributed by atoms with Crippen LogP contribution in [-0.4, -0.2) is 12.9 Å². The number of unbranched alkanes of at least 4 members (excludes halogenated alkanes) is 1. The summed E-state index contributed by atoms with van der Waals surface area (Å²) in [5.41, 5.74) is 1.44. The lowest BCUT2D eigenvalue weighted by Gasteiger charge is -2.17. The normalized spacial score (nSPS) is 11.7. The molecule has 0 aliphatic carbocycles. The zero-order valence-corrected chi connectivity index (χ0v) is 12.4. The molecule has 0 aromatic heterocycles. The zero-order chi connectivity index (χ0) is 14.8. The Labute approximate surface area is 121 Å². The van der Waals surface area contributed by atoms with E-state index in [-0.39, 0.29) is 0 Å². The highest BCUT2D eigenvalue weighted by molar-refractivity contribution is 5.75. The SMILES string of the molecule is CCCCC(CC)COc1cc(C=O)ccc1CC#N. The van der Waals surface area contributed by atoms with Crippen molar-refractivity contribution in [1.29, 1.82) is 5.26 Å². The largest absolute Gasteiger partial charge is 0.493 e. The summed E-state index contributed by atoms with van der Waals surface area (Å²) in [6.07, 6.45) is 5.75. The van der Waals surface area contributed by atoms with Gasteiger partial charge in [-0.2, -0.15) is 5.26 Å². The molecule has 0 heterocycles. The minimum absolute atomic E-state index is 0.306. The van der Waals surface area contributed by atoms with Crippen molar-refractivity contribution >= 4 is 6.29 Å². The molecule has 0 aliphatic heterocycles. The number of hydrogen-bond acceptors (Lipinski definition) is 3. The number of nitriles is 1. The van der Waals surface area contributed by atoms with Crippen LogP contribution < -0.4 is 4.74 Å². The Morgan fingerprint density at radius 3 is 2.80 bits per heavy atom. The van der Waals surface area contributed by atoms with Gasteiger partial charge in [0.1, 0.15) is 12.0 Å². The van der Waals surface area contributed by atoms with Crippen LogP contribution in [0.4, 0.5) is 0 Å². The number of carbonyl (C=O) groups excluding carboxylic acids is 1. The molecular formula is C17H23NO2. The van der Waals surface area contributed by atoms with Gasteiger partial charge in [-0.1, -0.05) is 45.2 Å².